The molecule has 3 rings (SSSR count). The molecule has 2 heterocycles. The maximum Gasteiger partial charge on any atom is 0.267 e. The molecular formula is C18H21FN4O2. The number of nitrogens with zero attached hydrogens (tertiary/aromatic N) is 2. The molecule has 0 unspecified atom stereocenters. The van der Waals surface area contributed by atoms with E-state index in [0.717, 1.165) is 11.1 Å². The Morgan fingerprint density at radius 2 is 1.96 bits per heavy atom. The van der Waals surface area contributed by atoms with E-state index in [0.29, 0.717) is 43.9 Å². The van der Waals surface area contributed by atoms with Crippen molar-refractivity contribution in [1.82, 2.24) is 20.4 Å². The molecule has 0 spiro atoms. The van der Waals surface area contributed by atoms with Gasteiger partial charge in [-0.15, -0.1) is 0 Å². The van der Waals surface area contributed by atoms with Crippen molar-refractivity contribution < 1.29 is 9.18 Å². The first-order valence-corrected chi connectivity index (χ1v) is 8.30. The second-order valence-corrected chi connectivity index (χ2v) is 6.28. The van der Waals surface area contributed by atoms with Crippen molar-refractivity contribution in [2.75, 3.05) is 26.2 Å². The first-order valence-electron chi connectivity index (χ1n) is 8.30. The highest BCUT2D eigenvalue weighted by Crippen LogP contribution is 2.17. The lowest BCUT2D eigenvalue weighted by Crippen LogP contribution is -2.46. The van der Waals surface area contributed by atoms with Crippen LogP contribution in [0.4, 0.5) is 4.39 Å². The average Bonchev–Trinajstić information content (AvgIpc) is 2.64. The monoisotopic (exact) mass is 344 g/mol. The molecule has 1 fully saturated rings. The van der Waals surface area contributed by atoms with Gasteiger partial charge >= 0.3 is 0 Å². The molecule has 1 aliphatic heterocycles. The smallest absolute Gasteiger partial charge is 0.267 e. The summed E-state index contributed by atoms with van der Waals surface area (Å²) in [7, 11) is 0. The van der Waals surface area contributed by atoms with Gasteiger partial charge in [-0.1, -0.05) is 6.07 Å². The third-order valence-corrected chi connectivity index (χ3v) is 4.67. The van der Waals surface area contributed by atoms with E-state index < -0.39 is 5.82 Å². The van der Waals surface area contributed by atoms with Crippen molar-refractivity contribution in [3.63, 3.8) is 0 Å². The van der Waals surface area contributed by atoms with Gasteiger partial charge in [-0.25, -0.2) is 9.49 Å². The van der Waals surface area contributed by atoms with Crippen LogP contribution in [0, 0.1) is 19.7 Å². The quantitative estimate of drug-likeness (QED) is 0.876. The summed E-state index contributed by atoms with van der Waals surface area (Å²) in [6, 6.07) is 4.55. The second-order valence-electron chi connectivity index (χ2n) is 6.28. The summed E-state index contributed by atoms with van der Waals surface area (Å²) in [6.07, 6.45) is 0.422. The first-order chi connectivity index (χ1) is 12.0. The molecule has 1 aromatic carbocycles. The average molecular weight is 344 g/mol. The third-order valence-electron chi connectivity index (χ3n) is 4.67. The van der Waals surface area contributed by atoms with Crippen LogP contribution in [0.2, 0.25) is 0 Å². The number of H-pyrrole nitrogens is 1. The van der Waals surface area contributed by atoms with Crippen LogP contribution in [0.15, 0.2) is 23.0 Å². The lowest BCUT2D eigenvalue weighted by molar-refractivity contribution is 0.0731. The van der Waals surface area contributed by atoms with Crippen LogP contribution < -0.4 is 10.9 Å². The fraction of sp³-hybridized carbons (Fsp3) is 0.389. The van der Waals surface area contributed by atoms with E-state index in [4.69, 9.17) is 0 Å². The van der Waals surface area contributed by atoms with Crippen LogP contribution in [0.5, 0.6) is 0 Å². The zero-order valence-electron chi connectivity index (χ0n) is 14.4. The minimum absolute atomic E-state index is 0.0817. The predicted octanol–water partition coefficient (Wildman–Crippen LogP) is 1.16. The number of benzene rings is 1. The molecule has 0 aliphatic carbocycles. The first kappa shape index (κ1) is 17.3. The number of carbonyl (C=O) groups excluding carboxylic acids is 1. The number of aromatic nitrogens is 2. The molecule has 0 radical (unpaired) electrons. The normalized spacial score (nSPS) is 14.6. The number of hydrogen-bond acceptors (Lipinski definition) is 4. The Morgan fingerprint density at radius 3 is 2.68 bits per heavy atom. The topological polar surface area (TPSA) is 78.1 Å². The van der Waals surface area contributed by atoms with Crippen molar-refractivity contribution in [3.05, 3.63) is 62.3 Å². The van der Waals surface area contributed by atoms with Crippen molar-refractivity contribution in [2.24, 2.45) is 0 Å². The van der Waals surface area contributed by atoms with Gasteiger partial charge in [-0.2, -0.15) is 5.10 Å². The van der Waals surface area contributed by atoms with Crippen molar-refractivity contribution in [2.45, 2.75) is 20.3 Å². The summed E-state index contributed by atoms with van der Waals surface area (Å²) in [6.45, 7) is 6.15. The Labute approximate surface area is 145 Å². The molecule has 132 valence electrons. The molecule has 0 saturated carbocycles. The maximum atomic E-state index is 14.2. The summed E-state index contributed by atoms with van der Waals surface area (Å²) >= 11 is 0. The Bertz CT molecular complexity index is 857. The van der Waals surface area contributed by atoms with E-state index in [1.54, 1.807) is 24.0 Å². The van der Waals surface area contributed by atoms with Crippen molar-refractivity contribution in [3.8, 4) is 0 Å². The highest BCUT2D eigenvalue weighted by Gasteiger charge is 2.21. The highest BCUT2D eigenvalue weighted by atomic mass is 19.1. The van der Waals surface area contributed by atoms with E-state index in [1.807, 2.05) is 6.92 Å². The minimum atomic E-state index is -0.519. The number of carbonyl (C=O) groups is 1. The van der Waals surface area contributed by atoms with Gasteiger partial charge in [0, 0.05) is 38.2 Å². The summed E-state index contributed by atoms with van der Waals surface area (Å²) in [5, 5.41) is 9.72. The molecule has 0 atom stereocenters. The van der Waals surface area contributed by atoms with Gasteiger partial charge in [-0.05, 0) is 37.1 Å². The Kier molecular flexibility index (Phi) is 4.94. The van der Waals surface area contributed by atoms with Crippen LogP contribution in [0.25, 0.3) is 0 Å². The Morgan fingerprint density at radius 1 is 1.24 bits per heavy atom. The Balaban J connectivity index is 1.88. The summed E-state index contributed by atoms with van der Waals surface area (Å²) in [5.41, 5.74) is 2.78. The molecule has 7 heteroatoms. The summed E-state index contributed by atoms with van der Waals surface area (Å²) in [4.78, 5) is 25.8. The second kappa shape index (κ2) is 7.14. The summed E-state index contributed by atoms with van der Waals surface area (Å²) < 4.78 is 14.2. The number of piperazine rings is 1. The molecular weight excluding hydrogens is 323 g/mol. The van der Waals surface area contributed by atoms with E-state index >= 15 is 0 Å². The van der Waals surface area contributed by atoms with Gasteiger partial charge in [-0.3, -0.25) is 9.59 Å². The van der Waals surface area contributed by atoms with E-state index in [9.17, 15) is 14.0 Å². The minimum Gasteiger partial charge on any atom is -0.336 e. The number of aromatic amines is 1. The zero-order chi connectivity index (χ0) is 18.0. The van der Waals surface area contributed by atoms with Gasteiger partial charge in [0.1, 0.15) is 5.82 Å². The fourth-order valence-electron chi connectivity index (χ4n) is 2.92. The van der Waals surface area contributed by atoms with Crippen molar-refractivity contribution >= 4 is 5.91 Å². The van der Waals surface area contributed by atoms with Gasteiger partial charge in [0.05, 0.1) is 11.3 Å². The third kappa shape index (κ3) is 3.61. The van der Waals surface area contributed by atoms with Crippen LogP contribution in [0.3, 0.4) is 0 Å². The lowest BCUT2D eigenvalue weighted by atomic mass is 10.0. The van der Waals surface area contributed by atoms with Gasteiger partial charge < -0.3 is 10.2 Å². The van der Waals surface area contributed by atoms with Crippen LogP contribution in [-0.4, -0.2) is 47.2 Å². The fourth-order valence-corrected chi connectivity index (χ4v) is 2.92. The Hall–Kier alpha value is -2.54. The van der Waals surface area contributed by atoms with E-state index in [2.05, 4.69) is 15.5 Å². The highest BCUT2D eigenvalue weighted by molar-refractivity contribution is 5.94. The molecule has 0 bridgehead atoms. The van der Waals surface area contributed by atoms with Crippen molar-refractivity contribution in [1.29, 1.82) is 0 Å². The molecule has 25 heavy (non-hydrogen) atoms. The number of nitrogens with one attached hydrogen (secondary N) is 2. The molecule has 1 aromatic heterocycles. The SMILES string of the molecule is Cc1c(Cc2ccc(F)c(C(=O)N3CCNCC3)c2)n[nH]c(=O)c1C. The van der Waals surface area contributed by atoms with Crippen LogP contribution in [0.1, 0.15) is 32.7 Å². The molecule has 1 saturated heterocycles. The van der Waals surface area contributed by atoms with E-state index in [-0.39, 0.29) is 17.0 Å². The number of hydrogen-bond donors (Lipinski definition) is 2. The molecule has 1 amide bonds. The van der Waals surface area contributed by atoms with E-state index in [1.165, 1.54) is 6.07 Å². The van der Waals surface area contributed by atoms with Crippen LogP contribution in [-0.2, 0) is 6.42 Å². The zero-order valence-corrected chi connectivity index (χ0v) is 14.4. The largest absolute Gasteiger partial charge is 0.336 e. The van der Waals surface area contributed by atoms with Gasteiger partial charge in [0.25, 0.3) is 11.5 Å². The van der Waals surface area contributed by atoms with Crippen LogP contribution >= 0.6 is 0 Å². The summed E-state index contributed by atoms with van der Waals surface area (Å²) in [5.74, 6) is -0.808. The maximum absolute atomic E-state index is 14.2. The predicted molar refractivity (Wildman–Crippen MR) is 92.3 cm³/mol. The number of halogens is 1. The number of amides is 1. The molecule has 2 aromatic rings. The lowest BCUT2D eigenvalue weighted by Gasteiger charge is -2.27. The molecule has 2 N–H and O–H groups in total. The standard InChI is InChI=1S/C18H21FN4O2/c1-11-12(2)17(24)22-21-16(11)10-13-3-4-15(19)14(9-13)18(25)23-7-5-20-6-8-23/h3-4,9,20H,5-8,10H2,1-2H3,(H,22,24). The van der Waals surface area contributed by atoms with Gasteiger partial charge in [0.2, 0.25) is 0 Å². The molecule has 6 nitrogen and oxygen atoms in total. The van der Waals surface area contributed by atoms with Gasteiger partial charge in [0.15, 0.2) is 0 Å². The molecule has 1 aliphatic rings. The number of rotatable bonds is 3.